The third kappa shape index (κ3) is 8.73. The topological polar surface area (TPSA) is 97.9 Å². The normalized spacial score (nSPS) is 12.5. The van der Waals surface area contributed by atoms with Crippen LogP contribution in [0.4, 0.5) is 28.0 Å². The quantitative estimate of drug-likeness (QED) is 0.123. The minimum absolute atomic E-state index is 0.194. The summed E-state index contributed by atoms with van der Waals surface area (Å²) in [5.41, 5.74) is -0.744. The number of carbonyl (C=O) groups is 2. The number of ether oxygens (including phenoxy) is 3. The number of amides is 3. The van der Waals surface area contributed by atoms with Crippen molar-refractivity contribution in [2.75, 3.05) is 26.1 Å². The molecule has 3 N–H and O–H groups in total. The van der Waals surface area contributed by atoms with Crippen molar-refractivity contribution in [1.29, 1.82) is 0 Å². The fourth-order valence-corrected chi connectivity index (χ4v) is 4.48. The van der Waals surface area contributed by atoms with E-state index in [4.69, 9.17) is 14.2 Å². The van der Waals surface area contributed by atoms with Crippen molar-refractivity contribution in [1.82, 2.24) is 10.6 Å². The number of rotatable bonds is 11. The number of nitrogens with one attached hydrogen (secondary N) is 3. The molecule has 236 valence electrons. The van der Waals surface area contributed by atoms with Gasteiger partial charge >= 0.3 is 12.2 Å². The predicted molar refractivity (Wildman–Crippen MR) is 161 cm³/mol. The van der Waals surface area contributed by atoms with E-state index in [1.165, 1.54) is 39.3 Å². The summed E-state index contributed by atoms with van der Waals surface area (Å²) < 4.78 is 70.5. The van der Waals surface area contributed by atoms with E-state index in [1.807, 2.05) is 0 Å². The molecular formula is C33H31F4N3O5. The summed E-state index contributed by atoms with van der Waals surface area (Å²) in [6.45, 7) is 1.05. The van der Waals surface area contributed by atoms with Crippen molar-refractivity contribution in [2.24, 2.45) is 0 Å². The summed E-state index contributed by atoms with van der Waals surface area (Å²) in [6, 6.07) is 20.6. The second kappa shape index (κ2) is 14.1. The Kier molecular flexibility index (Phi) is 10.3. The van der Waals surface area contributed by atoms with Gasteiger partial charge in [0.2, 0.25) is 0 Å². The molecule has 1 unspecified atom stereocenters. The number of urea groups is 1. The molecule has 0 aliphatic heterocycles. The lowest BCUT2D eigenvalue weighted by atomic mass is 9.97. The lowest BCUT2D eigenvalue weighted by Crippen LogP contribution is -2.62. The Morgan fingerprint density at radius 1 is 0.800 bits per heavy atom. The number of hydrogen-bond donors (Lipinski definition) is 3. The van der Waals surface area contributed by atoms with Crippen LogP contribution in [0.15, 0.2) is 91.0 Å². The van der Waals surface area contributed by atoms with Gasteiger partial charge in [0.1, 0.15) is 11.5 Å². The third-order valence-corrected chi connectivity index (χ3v) is 6.70. The average Bonchev–Trinajstić information content (AvgIpc) is 3.01. The molecule has 0 spiro atoms. The van der Waals surface area contributed by atoms with E-state index in [9.17, 15) is 27.2 Å². The Labute approximate surface area is 257 Å². The lowest BCUT2D eigenvalue weighted by Gasteiger charge is -2.32. The Balaban J connectivity index is 1.56. The summed E-state index contributed by atoms with van der Waals surface area (Å²) in [7, 11) is 2.93. The Morgan fingerprint density at radius 2 is 1.49 bits per heavy atom. The van der Waals surface area contributed by atoms with E-state index >= 15 is 0 Å². The summed E-state index contributed by atoms with van der Waals surface area (Å²) >= 11 is 0. The molecule has 4 aromatic rings. The SMILES string of the molecule is COc1ccc(NC(=O)NC(C)(COCc2ccc(C(F)(F)F)cc2-c2ccc(F)cc2)NC(=O)c2ccccc2)cc1OC. The van der Waals surface area contributed by atoms with Crippen LogP contribution < -0.4 is 25.4 Å². The summed E-state index contributed by atoms with van der Waals surface area (Å²) in [5.74, 6) is -0.201. The number of hydrogen-bond acceptors (Lipinski definition) is 5. The van der Waals surface area contributed by atoms with Crippen LogP contribution in [-0.2, 0) is 17.5 Å². The first kappa shape index (κ1) is 32.8. The summed E-state index contributed by atoms with van der Waals surface area (Å²) in [6.07, 6.45) is -4.60. The standard InChI is InChI=1S/C33H31F4N3O5/c1-32(39-30(41)22-7-5-4-6-8-22,40-31(42)38-26-15-16-28(43-2)29(18-26)44-3)20-45-19-23-9-12-24(33(35,36)37)17-27(23)21-10-13-25(34)14-11-21/h4-18H,19-20H2,1-3H3,(H,39,41)(H2,38,40,42). The highest BCUT2D eigenvalue weighted by Crippen LogP contribution is 2.35. The molecule has 0 heterocycles. The van der Waals surface area contributed by atoms with E-state index in [2.05, 4.69) is 16.0 Å². The monoisotopic (exact) mass is 625 g/mol. The molecule has 3 amide bonds. The van der Waals surface area contributed by atoms with Crippen LogP contribution in [0.1, 0.15) is 28.4 Å². The molecule has 0 fully saturated rings. The van der Waals surface area contributed by atoms with Crippen LogP contribution in [0.3, 0.4) is 0 Å². The number of alkyl halides is 3. The Morgan fingerprint density at radius 3 is 2.13 bits per heavy atom. The van der Waals surface area contributed by atoms with Crippen LogP contribution >= 0.6 is 0 Å². The maximum atomic E-state index is 13.6. The zero-order valence-corrected chi connectivity index (χ0v) is 24.6. The van der Waals surface area contributed by atoms with Crippen molar-refractivity contribution in [2.45, 2.75) is 25.4 Å². The molecule has 12 heteroatoms. The molecule has 0 aliphatic carbocycles. The fraction of sp³-hybridized carbons (Fsp3) is 0.212. The molecule has 4 aromatic carbocycles. The van der Waals surface area contributed by atoms with Gasteiger partial charge < -0.3 is 30.2 Å². The van der Waals surface area contributed by atoms with Crippen LogP contribution in [-0.4, -0.2) is 38.4 Å². The van der Waals surface area contributed by atoms with Gasteiger partial charge in [0.05, 0.1) is 33.0 Å². The molecule has 1 atom stereocenters. The van der Waals surface area contributed by atoms with Crippen LogP contribution in [0, 0.1) is 5.82 Å². The molecule has 4 rings (SSSR count). The number of anilines is 1. The van der Waals surface area contributed by atoms with Crippen LogP contribution in [0.5, 0.6) is 11.5 Å². The minimum atomic E-state index is -4.60. The molecular weight excluding hydrogens is 594 g/mol. The van der Waals surface area contributed by atoms with Crippen molar-refractivity contribution < 1.29 is 41.4 Å². The highest BCUT2D eigenvalue weighted by molar-refractivity contribution is 5.95. The summed E-state index contributed by atoms with van der Waals surface area (Å²) in [4.78, 5) is 26.2. The zero-order valence-electron chi connectivity index (χ0n) is 24.6. The molecule has 0 radical (unpaired) electrons. The lowest BCUT2D eigenvalue weighted by molar-refractivity contribution is -0.137. The van der Waals surface area contributed by atoms with Gasteiger partial charge in [0.25, 0.3) is 5.91 Å². The number of halogens is 4. The van der Waals surface area contributed by atoms with Gasteiger partial charge in [-0.2, -0.15) is 13.2 Å². The van der Waals surface area contributed by atoms with Gasteiger partial charge in [-0.25, -0.2) is 9.18 Å². The van der Waals surface area contributed by atoms with Gasteiger partial charge in [-0.15, -0.1) is 0 Å². The van der Waals surface area contributed by atoms with Crippen LogP contribution in [0.25, 0.3) is 11.1 Å². The first-order valence-corrected chi connectivity index (χ1v) is 13.6. The van der Waals surface area contributed by atoms with Crippen molar-refractivity contribution in [3.05, 3.63) is 114 Å². The van der Waals surface area contributed by atoms with E-state index in [0.29, 0.717) is 33.9 Å². The third-order valence-electron chi connectivity index (χ3n) is 6.70. The smallest absolute Gasteiger partial charge is 0.416 e. The zero-order chi connectivity index (χ0) is 32.6. The average molecular weight is 626 g/mol. The predicted octanol–water partition coefficient (Wildman–Crippen LogP) is 7.01. The largest absolute Gasteiger partial charge is 0.493 e. The van der Waals surface area contributed by atoms with E-state index in [-0.39, 0.29) is 18.8 Å². The van der Waals surface area contributed by atoms with Crippen molar-refractivity contribution >= 4 is 17.6 Å². The molecule has 8 nitrogen and oxygen atoms in total. The van der Waals surface area contributed by atoms with E-state index < -0.39 is 35.2 Å². The second-order valence-corrected chi connectivity index (χ2v) is 10.2. The van der Waals surface area contributed by atoms with Crippen molar-refractivity contribution in [3.8, 4) is 22.6 Å². The summed E-state index contributed by atoms with van der Waals surface area (Å²) in [5, 5.41) is 8.14. The maximum Gasteiger partial charge on any atom is 0.416 e. The van der Waals surface area contributed by atoms with Gasteiger partial charge in [0.15, 0.2) is 11.5 Å². The maximum absolute atomic E-state index is 13.6. The minimum Gasteiger partial charge on any atom is -0.493 e. The fourth-order valence-electron chi connectivity index (χ4n) is 4.48. The first-order valence-electron chi connectivity index (χ1n) is 13.6. The number of carbonyl (C=O) groups excluding carboxylic acids is 2. The highest BCUT2D eigenvalue weighted by Gasteiger charge is 2.32. The van der Waals surface area contributed by atoms with Gasteiger partial charge in [-0.05, 0) is 72.1 Å². The van der Waals surface area contributed by atoms with E-state index in [0.717, 1.165) is 24.3 Å². The van der Waals surface area contributed by atoms with Gasteiger partial charge in [0, 0.05) is 17.3 Å². The molecule has 0 aromatic heterocycles. The van der Waals surface area contributed by atoms with Crippen LogP contribution in [0.2, 0.25) is 0 Å². The number of benzene rings is 4. The molecule has 0 saturated carbocycles. The number of methoxy groups -OCH3 is 2. The second-order valence-electron chi connectivity index (χ2n) is 10.2. The Hall–Kier alpha value is -5.10. The molecule has 0 bridgehead atoms. The van der Waals surface area contributed by atoms with Gasteiger partial charge in [-0.3, -0.25) is 4.79 Å². The highest BCUT2D eigenvalue weighted by atomic mass is 19.4. The molecule has 0 saturated heterocycles. The first-order chi connectivity index (χ1) is 21.4. The molecule has 45 heavy (non-hydrogen) atoms. The van der Waals surface area contributed by atoms with E-state index in [1.54, 1.807) is 48.5 Å². The molecule has 0 aliphatic rings. The van der Waals surface area contributed by atoms with Gasteiger partial charge in [-0.1, -0.05) is 36.4 Å². The Bertz CT molecular complexity index is 1630. The van der Waals surface area contributed by atoms with Crippen molar-refractivity contribution in [3.63, 3.8) is 0 Å².